The fourth-order valence-electron chi connectivity index (χ4n) is 2.74. The van der Waals surface area contributed by atoms with Crippen molar-refractivity contribution < 1.29 is 18.7 Å². The molecule has 25 heavy (non-hydrogen) atoms. The van der Waals surface area contributed by atoms with Crippen LogP contribution in [0.1, 0.15) is 37.5 Å². The summed E-state index contributed by atoms with van der Waals surface area (Å²) in [5.41, 5.74) is 0.901. The molecule has 2 heterocycles. The van der Waals surface area contributed by atoms with Crippen molar-refractivity contribution in [1.29, 1.82) is 0 Å². The average Bonchev–Trinajstić information content (AvgIpc) is 3.23. The van der Waals surface area contributed by atoms with Gasteiger partial charge in [0.1, 0.15) is 23.2 Å². The molecular formula is C18H20FN3O3. The van der Waals surface area contributed by atoms with Gasteiger partial charge in [-0.2, -0.15) is 0 Å². The largest absolute Gasteiger partial charge is 0.467 e. The number of fused-ring (bicyclic) bond motifs is 1. The van der Waals surface area contributed by atoms with Gasteiger partial charge < -0.3 is 19.8 Å². The van der Waals surface area contributed by atoms with Crippen LogP contribution >= 0.6 is 0 Å². The number of aryl methyl sites for hydroxylation is 1. The molecule has 3 rings (SSSR count). The minimum Gasteiger partial charge on any atom is -0.467 e. The molecule has 0 fully saturated rings. The number of aromatic amines is 1. The molecule has 3 N–H and O–H groups in total. The van der Waals surface area contributed by atoms with Gasteiger partial charge in [-0.25, -0.2) is 9.37 Å². The summed E-state index contributed by atoms with van der Waals surface area (Å²) < 4.78 is 18.8. The molecule has 0 saturated heterocycles. The number of nitrogens with one attached hydrogen (secondary N) is 2. The summed E-state index contributed by atoms with van der Waals surface area (Å²) in [4.78, 5) is 19.2. The number of para-hydroxylation sites is 1. The Hall–Kier alpha value is -2.67. The number of aliphatic hydroxyl groups excluding tert-OH is 1. The number of carbonyl (C=O) groups is 1. The Morgan fingerprint density at radius 1 is 1.40 bits per heavy atom. The maximum absolute atomic E-state index is 13.6. The molecule has 1 amide bonds. The van der Waals surface area contributed by atoms with Crippen LogP contribution in [0.25, 0.3) is 11.0 Å². The Morgan fingerprint density at radius 3 is 2.96 bits per heavy atom. The Balaban J connectivity index is 1.49. The molecule has 0 aliphatic rings. The highest BCUT2D eigenvalue weighted by Gasteiger charge is 2.16. The summed E-state index contributed by atoms with van der Waals surface area (Å²) in [5, 5.41) is 12.8. The lowest BCUT2D eigenvalue weighted by atomic mass is 10.1. The van der Waals surface area contributed by atoms with Gasteiger partial charge in [0.15, 0.2) is 5.82 Å². The van der Waals surface area contributed by atoms with E-state index in [1.54, 1.807) is 24.3 Å². The molecule has 2 aromatic heterocycles. The number of halogens is 1. The molecule has 0 radical (unpaired) electrons. The van der Waals surface area contributed by atoms with E-state index in [4.69, 9.17) is 4.42 Å². The minimum atomic E-state index is -0.761. The number of rotatable bonds is 7. The van der Waals surface area contributed by atoms with Gasteiger partial charge in [-0.1, -0.05) is 6.07 Å². The van der Waals surface area contributed by atoms with Gasteiger partial charge in [0, 0.05) is 25.3 Å². The second kappa shape index (κ2) is 7.48. The number of hydrogen-bond acceptors (Lipinski definition) is 4. The Bertz CT molecular complexity index is 845. The summed E-state index contributed by atoms with van der Waals surface area (Å²) >= 11 is 0. The zero-order valence-electron chi connectivity index (χ0n) is 13.8. The van der Waals surface area contributed by atoms with Crippen LogP contribution in [-0.4, -0.2) is 27.0 Å². The maximum atomic E-state index is 13.6. The van der Waals surface area contributed by atoms with Crippen molar-refractivity contribution in [1.82, 2.24) is 15.3 Å². The second-order valence-corrected chi connectivity index (χ2v) is 6.05. The number of hydrogen-bond donors (Lipinski definition) is 3. The fraction of sp³-hybridized carbons (Fsp3) is 0.333. The molecule has 0 bridgehead atoms. The Morgan fingerprint density at radius 2 is 2.24 bits per heavy atom. The van der Waals surface area contributed by atoms with Gasteiger partial charge in [0.25, 0.3) is 0 Å². The molecule has 1 aromatic carbocycles. The second-order valence-electron chi connectivity index (χ2n) is 6.05. The van der Waals surface area contributed by atoms with Crippen molar-refractivity contribution >= 4 is 16.9 Å². The topological polar surface area (TPSA) is 91.2 Å². The molecule has 6 nitrogen and oxygen atoms in total. The number of aliphatic hydroxyl groups is 1. The number of imidazole rings is 1. The van der Waals surface area contributed by atoms with E-state index in [0.717, 1.165) is 0 Å². The monoisotopic (exact) mass is 345 g/mol. The summed E-state index contributed by atoms with van der Waals surface area (Å²) in [7, 11) is 0. The van der Waals surface area contributed by atoms with E-state index < -0.39 is 6.10 Å². The van der Waals surface area contributed by atoms with E-state index in [1.165, 1.54) is 12.3 Å². The highest BCUT2D eigenvalue weighted by molar-refractivity contribution is 5.77. The number of benzene rings is 1. The minimum absolute atomic E-state index is 0.153. The zero-order chi connectivity index (χ0) is 17.8. The predicted molar refractivity (Wildman–Crippen MR) is 90.3 cm³/mol. The van der Waals surface area contributed by atoms with E-state index in [0.29, 0.717) is 29.9 Å². The van der Waals surface area contributed by atoms with Gasteiger partial charge in [-0.3, -0.25) is 4.79 Å². The molecule has 2 unspecified atom stereocenters. The van der Waals surface area contributed by atoms with E-state index in [-0.39, 0.29) is 29.7 Å². The molecule has 132 valence electrons. The summed E-state index contributed by atoms with van der Waals surface area (Å²) in [5.74, 6) is 0.508. The first-order valence-electron chi connectivity index (χ1n) is 8.17. The SMILES string of the molecule is CC(CC(O)c1ccco1)NC(=O)CCc1nc2c(F)cccc2[nH]1. The first-order chi connectivity index (χ1) is 12.0. The average molecular weight is 345 g/mol. The van der Waals surface area contributed by atoms with Gasteiger partial charge in [-0.15, -0.1) is 0 Å². The highest BCUT2D eigenvalue weighted by atomic mass is 19.1. The molecule has 3 aromatic rings. The van der Waals surface area contributed by atoms with Crippen LogP contribution in [0.3, 0.4) is 0 Å². The zero-order valence-corrected chi connectivity index (χ0v) is 13.8. The van der Waals surface area contributed by atoms with E-state index in [1.807, 2.05) is 6.92 Å². The van der Waals surface area contributed by atoms with Gasteiger partial charge in [0.05, 0.1) is 11.8 Å². The summed E-state index contributed by atoms with van der Waals surface area (Å²) in [6, 6.07) is 7.90. The van der Waals surface area contributed by atoms with Crippen LogP contribution in [0, 0.1) is 5.82 Å². The van der Waals surface area contributed by atoms with Crippen LogP contribution in [0.5, 0.6) is 0 Å². The van der Waals surface area contributed by atoms with Crippen molar-refractivity contribution in [2.45, 2.75) is 38.3 Å². The third-order valence-corrected chi connectivity index (χ3v) is 3.96. The van der Waals surface area contributed by atoms with Crippen molar-refractivity contribution in [3.05, 3.63) is 54.0 Å². The van der Waals surface area contributed by atoms with Gasteiger partial charge >= 0.3 is 0 Å². The van der Waals surface area contributed by atoms with E-state index in [2.05, 4.69) is 15.3 Å². The lowest BCUT2D eigenvalue weighted by Gasteiger charge is -2.16. The van der Waals surface area contributed by atoms with Crippen molar-refractivity contribution in [3.63, 3.8) is 0 Å². The van der Waals surface area contributed by atoms with Crippen molar-refractivity contribution in [2.75, 3.05) is 0 Å². The van der Waals surface area contributed by atoms with Crippen LogP contribution in [0.2, 0.25) is 0 Å². The molecule has 0 aliphatic carbocycles. The molecule has 7 heteroatoms. The lowest BCUT2D eigenvalue weighted by molar-refractivity contribution is -0.121. The number of aromatic nitrogens is 2. The van der Waals surface area contributed by atoms with Crippen LogP contribution in [0.15, 0.2) is 41.0 Å². The van der Waals surface area contributed by atoms with Crippen LogP contribution in [-0.2, 0) is 11.2 Å². The summed E-state index contributed by atoms with van der Waals surface area (Å²) in [6.45, 7) is 1.82. The smallest absolute Gasteiger partial charge is 0.220 e. The lowest BCUT2D eigenvalue weighted by Crippen LogP contribution is -2.33. The molecular weight excluding hydrogens is 325 g/mol. The van der Waals surface area contributed by atoms with E-state index in [9.17, 15) is 14.3 Å². The number of furan rings is 1. The predicted octanol–water partition coefficient (Wildman–Crippen LogP) is 2.86. The van der Waals surface area contributed by atoms with Crippen molar-refractivity contribution in [2.24, 2.45) is 0 Å². The third kappa shape index (κ3) is 4.24. The standard InChI is InChI=1S/C18H20FN3O3/c1-11(10-14(23)15-6-3-9-25-15)20-17(24)8-7-16-21-13-5-2-4-12(19)18(13)22-16/h2-6,9,11,14,23H,7-8,10H2,1H3,(H,20,24)(H,21,22). The molecule has 2 atom stereocenters. The van der Waals surface area contributed by atoms with Crippen molar-refractivity contribution in [3.8, 4) is 0 Å². The van der Waals surface area contributed by atoms with Gasteiger partial charge in [-0.05, 0) is 31.2 Å². The quantitative estimate of drug-likeness (QED) is 0.614. The number of H-pyrrole nitrogens is 1. The molecule has 0 aliphatic heterocycles. The number of nitrogens with zero attached hydrogens (tertiary/aromatic N) is 1. The molecule has 0 saturated carbocycles. The Labute approximate surface area is 144 Å². The third-order valence-electron chi connectivity index (χ3n) is 3.96. The van der Waals surface area contributed by atoms with E-state index >= 15 is 0 Å². The summed E-state index contributed by atoms with van der Waals surface area (Å²) in [6.07, 6.45) is 1.70. The normalized spacial score (nSPS) is 13.7. The fourth-order valence-corrected chi connectivity index (χ4v) is 2.74. The van der Waals surface area contributed by atoms with Gasteiger partial charge in [0.2, 0.25) is 5.91 Å². The maximum Gasteiger partial charge on any atom is 0.220 e. The first-order valence-corrected chi connectivity index (χ1v) is 8.17. The number of amides is 1. The van der Waals surface area contributed by atoms with Crippen LogP contribution < -0.4 is 5.32 Å². The highest BCUT2D eigenvalue weighted by Crippen LogP contribution is 2.19. The number of carbonyl (C=O) groups excluding carboxylic acids is 1. The van der Waals surface area contributed by atoms with Crippen LogP contribution in [0.4, 0.5) is 4.39 Å². The first kappa shape index (κ1) is 17.2. The molecule has 0 spiro atoms. The Kier molecular flexibility index (Phi) is 5.14.